The zero-order valence-corrected chi connectivity index (χ0v) is 20.9. The van der Waals surface area contributed by atoms with Gasteiger partial charge in [-0.2, -0.15) is 5.10 Å². The predicted molar refractivity (Wildman–Crippen MR) is 138 cm³/mol. The Balaban J connectivity index is 1.49. The Morgan fingerprint density at radius 2 is 1.91 bits per heavy atom. The minimum absolute atomic E-state index is 0.146. The first-order chi connectivity index (χ1) is 16.7. The highest BCUT2D eigenvalue weighted by atomic mass is 32.2. The number of rotatable bonds is 8. The van der Waals surface area contributed by atoms with E-state index in [0.29, 0.717) is 54.6 Å². The molecule has 0 aromatic carbocycles. The van der Waals surface area contributed by atoms with Crippen LogP contribution in [-0.2, 0) is 10.0 Å². The summed E-state index contributed by atoms with van der Waals surface area (Å²) in [6, 6.07) is 7.73. The van der Waals surface area contributed by atoms with Crippen LogP contribution in [0.1, 0.15) is 43.7 Å². The highest BCUT2D eigenvalue weighted by Gasteiger charge is 2.24. The summed E-state index contributed by atoms with van der Waals surface area (Å²) in [5.41, 5.74) is 3.95. The normalized spacial score (nSPS) is 15.9. The Labute approximate surface area is 205 Å². The van der Waals surface area contributed by atoms with Crippen molar-refractivity contribution >= 4 is 44.5 Å². The van der Waals surface area contributed by atoms with E-state index in [1.54, 1.807) is 18.6 Å². The Hall–Kier alpha value is -3.44. The van der Waals surface area contributed by atoms with Crippen LogP contribution in [0.3, 0.4) is 0 Å². The van der Waals surface area contributed by atoms with Gasteiger partial charge in [0.1, 0.15) is 5.82 Å². The molecule has 11 heteroatoms. The second kappa shape index (κ2) is 10.4. The van der Waals surface area contributed by atoms with Crippen LogP contribution in [0.25, 0.3) is 16.6 Å². The fourth-order valence-electron chi connectivity index (χ4n) is 3.89. The summed E-state index contributed by atoms with van der Waals surface area (Å²) >= 11 is 0. The molecule has 184 valence electrons. The standard InChI is InChI=1S/C24H30N8O2S/c1-16(2)17-11-24(31-28-15-17)30-23-5-4-21-22(29-23)10-18(13-27-21)19(12-25)14-26-20-6-8-32(9-7-20)35(3,33)34/h4-5,10-16,20,25-26H,6-9H2,1-3H3,(H,29,30,31)/b19-14+,25-12?. The number of piperidine rings is 1. The first-order valence-electron chi connectivity index (χ1n) is 11.5. The molecule has 3 aromatic rings. The van der Waals surface area contributed by atoms with Crippen molar-refractivity contribution in [3.05, 3.63) is 54.0 Å². The molecule has 0 saturated carbocycles. The number of pyridine rings is 2. The maximum absolute atomic E-state index is 11.7. The van der Waals surface area contributed by atoms with Crippen molar-refractivity contribution in [3.63, 3.8) is 0 Å². The molecule has 0 unspecified atom stereocenters. The summed E-state index contributed by atoms with van der Waals surface area (Å²) in [5.74, 6) is 1.59. The van der Waals surface area contributed by atoms with Crippen molar-refractivity contribution in [1.82, 2.24) is 29.8 Å². The van der Waals surface area contributed by atoms with Gasteiger partial charge in [-0.15, -0.1) is 5.10 Å². The lowest BCUT2D eigenvalue weighted by atomic mass is 10.1. The fraction of sp³-hybridized carbons (Fsp3) is 0.375. The van der Waals surface area contributed by atoms with E-state index >= 15 is 0 Å². The van der Waals surface area contributed by atoms with Gasteiger partial charge in [0.15, 0.2) is 5.82 Å². The third-order valence-corrected chi connectivity index (χ3v) is 7.33. The van der Waals surface area contributed by atoms with Crippen molar-refractivity contribution in [3.8, 4) is 0 Å². The van der Waals surface area contributed by atoms with Crippen LogP contribution < -0.4 is 10.6 Å². The molecule has 3 N–H and O–H groups in total. The van der Waals surface area contributed by atoms with E-state index in [4.69, 9.17) is 5.41 Å². The fourth-order valence-corrected chi connectivity index (χ4v) is 4.77. The topological polar surface area (TPSA) is 137 Å². The quantitative estimate of drug-likeness (QED) is 0.406. The van der Waals surface area contributed by atoms with Gasteiger partial charge in [-0.25, -0.2) is 17.7 Å². The Kier molecular flexibility index (Phi) is 7.37. The molecule has 0 aliphatic carbocycles. The summed E-state index contributed by atoms with van der Waals surface area (Å²) < 4.78 is 24.9. The van der Waals surface area contributed by atoms with Crippen LogP contribution in [0.4, 0.5) is 11.6 Å². The number of fused-ring (bicyclic) bond motifs is 1. The lowest BCUT2D eigenvalue weighted by Gasteiger charge is -2.30. The first kappa shape index (κ1) is 24.7. The van der Waals surface area contributed by atoms with Gasteiger partial charge in [0, 0.05) is 48.9 Å². The van der Waals surface area contributed by atoms with Crippen LogP contribution in [-0.4, -0.2) is 64.5 Å². The number of anilines is 2. The van der Waals surface area contributed by atoms with Gasteiger partial charge >= 0.3 is 0 Å². The lowest BCUT2D eigenvalue weighted by Crippen LogP contribution is -2.43. The molecule has 3 aromatic heterocycles. The zero-order chi connectivity index (χ0) is 25.0. The van der Waals surface area contributed by atoms with Crippen LogP contribution in [0, 0.1) is 5.41 Å². The van der Waals surface area contributed by atoms with E-state index in [1.807, 2.05) is 24.3 Å². The van der Waals surface area contributed by atoms with Crippen molar-refractivity contribution in [2.24, 2.45) is 0 Å². The third-order valence-electron chi connectivity index (χ3n) is 6.02. The molecule has 10 nitrogen and oxygen atoms in total. The predicted octanol–water partition coefficient (Wildman–Crippen LogP) is 3.29. The molecular formula is C24H30N8O2S. The molecule has 35 heavy (non-hydrogen) atoms. The zero-order valence-electron chi connectivity index (χ0n) is 20.1. The summed E-state index contributed by atoms with van der Waals surface area (Å²) in [4.78, 5) is 9.18. The average Bonchev–Trinajstić information content (AvgIpc) is 2.84. The van der Waals surface area contributed by atoms with Gasteiger partial charge in [-0.05, 0) is 48.6 Å². The smallest absolute Gasteiger partial charge is 0.211 e. The van der Waals surface area contributed by atoms with Crippen molar-refractivity contribution in [2.75, 3.05) is 24.7 Å². The monoisotopic (exact) mass is 494 g/mol. The number of sulfonamides is 1. The van der Waals surface area contributed by atoms with E-state index in [2.05, 4.69) is 44.6 Å². The minimum atomic E-state index is -3.15. The molecular weight excluding hydrogens is 464 g/mol. The molecule has 1 aliphatic heterocycles. The van der Waals surface area contributed by atoms with Gasteiger partial charge in [-0.1, -0.05) is 13.8 Å². The molecule has 1 aliphatic rings. The van der Waals surface area contributed by atoms with Gasteiger partial charge < -0.3 is 16.0 Å². The number of aromatic nitrogens is 4. The Bertz CT molecular complexity index is 1350. The Morgan fingerprint density at radius 1 is 1.14 bits per heavy atom. The largest absolute Gasteiger partial charge is 0.388 e. The van der Waals surface area contributed by atoms with Gasteiger partial charge in [-0.3, -0.25) is 4.98 Å². The second-order valence-electron chi connectivity index (χ2n) is 8.96. The molecule has 4 rings (SSSR count). The van der Waals surface area contributed by atoms with Crippen molar-refractivity contribution in [1.29, 1.82) is 5.41 Å². The maximum atomic E-state index is 11.7. The number of allylic oxidation sites excluding steroid dienone is 1. The SMILES string of the molecule is CC(C)c1cnnc(Nc2ccc3ncc(/C(C=N)=C/NC4CCN(S(C)(=O)=O)CC4)cc3n2)c1. The summed E-state index contributed by atoms with van der Waals surface area (Å²) in [6.07, 6.45) is 9.21. The maximum Gasteiger partial charge on any atom is 0.211 e. The van der Waals surface area contributed by atoms with E-state index in [1.165, 1.54) is 16.8 Å². The van der Waals surface area contributed by atoms with Crippen LogP contribution in [0.5, 0.6) is 0 Å². The van der Waals surface area contributed by atoms with Crippen LogP contribution in [0.2, 0.25) is 0 Å². The molecule has 1 fully saturated rings. The molecule has 0 bridgehead atoms. The van der Waals surface area contributed by atoms with Gasteiger partial charge in [0.05, 0.1) is 23.5 Å². The molecule has 1 saturated heterocycles. The second-order valence-corrected chi connectivity index (χ2v) is 10.9. The Morgan fingerprint density at radius 3 is 2.60 bits per heavy atom. The van der Waals surface area contributed by atoms with Crippen LogP contribution >= 0.6 is 0 Å². The van der Waals surface area contributed by atoms with E-state index in [-0.39, 0.29) is 6.04 Å². The minimum Gasteiger partial charge on any atom is -0.388 e. The van der Waals surface area contributed by atoms with Gasteiger partial charge in [0.2, 0.25) is 10.0 Å². The number of hydrogen-bond donors (Lipinski definition) is 3. The van der Waals surface area contributed by atoms with Crippen molar-refractivity contribution in [2.45, 2.75) is 38.6 Å². The number of nitrogens with zero attached hydrogens (tertiary/aromatic N) is 5. The molecule has 0 amide bonds. The van der Waals surface area contributed by atoms with E-state index in [9.17, 15) is 8.42 Å². The lowest BCUT2D eigenvalue weighted by molar-refractivity contribution is 0.305. The number of hydrogen-bond acceptors (Lipinski definition) is 9. The highest BCUT2D eigenvalue weighted by Crippen LogP contribution is 2.22. The molecule has 4 heterocycles. The average molecular weight is 495 g/mol. The summed E-state index contributed by atoms with van der Waals surface area (Å²) in [5, 5.41) is 22.6. The summed E-state index contributed by atoms with van der Waals surface area (Å²) in [7, 11) is -3.15. The first-order valence-corrected chi connectivity index (χ1v) is 13.4. The molecule has 0 spiro atoms. The molecule has 0 radical (unpaired) electrons. The van der Waals surface area contributed by atoms with Gasteiger partial charge in [0.25, 0.3) is 0 Å². The van der Waals surface area contributed by atoms with E-state index in [0.717, 1.165) is 16.6 Å². The highest BCUT2D eigenvalue weighted by molar-refractivity contribution is 7.88. The van der Waals surface area contributed by atoms with Crippen molar-refractivity contribution < 1.29 is 8.42 Å². The van der Waals surface area contributed by atoms with Crippen LogP contribution in [0.15, 0.2) is 42.9 Å². The number of nitrogens with one attached hydrogen (secondary N) is 3. The summed E-state index contributed by atoms with van der Waals surface area (Å²) in [6.45, 7) is 5.19. The van der Waals surface area contributed by atoms with E-state index < -0.39 is 10.0 Å². The molecule has 0 atom stereocenters. The third kappa shape index (κ3) is 6.17.